The zero-order valence-electron chi connectivity index (χ0n) is 1.47. The molecule has 4 heavy (non-hydrogen) atoms. The van der Waals surface area contributed by atoms with Crippen LogP contribution in [0.5, 0.6) is 0 Å². The van der Waals surface area contributed by atoms with Gasteiger partial charge in [0.1, 0.15) is 0 Å². The van der Waals surface area contributed by atoms with E-state index >= 15 is 0 Å². The molecule has 0 aromatic rings. The second-order valence-electron chi connectivity index (χ2n) is 0. The second-order valence-corrected chi connectivity index (χ2v) is 0. The second kappa shape index (κ2) is 19.1. The molecule has 0 heterocycles. The van der Waals surface area contributed by atoms with Crippen molar-refractivity contribution in [1.82, 2.24) is 0 Å². The van der Waals surface area contributed by atoms with E-state index in [2.05, 4.69) is 0 Å². The molecule has 1 radical (unpaired) electrons. The van der Waals surface area contributed by atoms with Crippen molar-refractivity contribution in [3.8, 4) is 0 Å². The van der Waals surface area contributed by atoms with Crippen molar-refractivity contribution in [2.24, 2.45) is 0 Å². The molecule has 0 unspecified atom stereocenters. The molecule has 0 aliphatic carbocycles. The summed E-state index contributed by atoms with van der Waals surface area (Å²) in [5.74, 6) is 0. The molecule has 0 amide bonds. The van der Waals surface area contributed by atoms with E-state index < -0.39 is 0 Å². The zero-order valence-corrected chi connectivity index (χ0v) is 6.14. The van der Waals surface area contributed by atoms with Gasteiger partial charge in [-0.05, 0) is 0 Å². The Morgan fingerprint density at radius 1 is 1.25 bits per heavy atom. The van der Waals surface area contributed by atoms with Crippen molar-refractivity contribution in [2.75, 3.05) is 0 Å². The maximum Gasteiger partial charge on any atom is 0 e. The molecule has 0 aromatic carbocycles. The smallest absolute Gasteiger partial charge is 0 e. The first-order valence-corrected chi connectivity index (χ1v) is 0.595. The molecular weight excluding hydrogens is 286 g/mol. The number of hydrogen-bond donors (Lipinski definition) is 0. The van der Waals surface area contributed by atoms with Gasteiger partial charge in [-0.3, -0.25) is 0 Å². The van der Waals surface area contributed by atoms with E-state index in [9.17, 15) is 0 Å². The largest absolute Gasteiger partial charge is 0 e. The van der Waals surface area contributed by atoms with Crippen LogP contribution >= 0.6 is 0 Å². The predicted octanol–water partition coefficient (Wildman–Crippen LogP) is -0.124. The van der Waals surface area contributed by atoms with Crippen LogP contribution in [-0.4, -0.2) is 0 Å². The zero-order chi connectivity index (χ0) is 2.00. The molecule has 0 saturated carbocycles. The fourth-order valence-corrected chi connectivity index (χ4v) is 0. The van der Waals surface area contributed by atoms with E-state index in [0.29, 0.717) is 0 Å². The van der Waals surface area contributed by atoms with Gasteiger partial charge in [0.25, 0.3) is 0 Å². The Kier molecular flexibility index (Phi) is 78.2. The van der Waals surface area contributed by atoms with Gasteiger partial charge in [0.05, 0.1) is 0 Å². The Morgan fingerprint density at radius 2 is 1.25 bits per heavy atom. The summed E-state index contributed by atoms with van der Waals surface area (Å²) in [5.41, 5.74) is 0. The molecule has 0 rings (SSSR count). The molecule has 4 heteroatoms. The minimum absolute atomic E-state index is 0. The first-order chi connectivity index (χ1) is 1.00. The molecule has 0 atom stereocenters. The van der Waals surface area contributed by atoms with Gasteiger partial charge in [0.2, 0.25) is 0 Å². The van der Waals surface area contributed by atoms with E-state index in [4.69, 9.17) is 3.83 Å². The summed E-state index contributed by atoms with van der Waals surface area (Å²) in [6.45, 7) is 0. The van der Waals surface area contributed by atoms with Gasteiger partial charge in [-0.2, -0.15) is 0 Å². The monoisotopic (exact) mass is 287 g/mol. The third-order valence-corrected chi connectivity index (χ3v) is 0. The average Bonchev–Trinajstić information content (AvgIpc) is 1.00. The maximum atomic E-state index is 8.00. The summed E-state index contributed by atoms with van der Waals surface area (Å²) < 4.78 is 8.00. The molecule has 0 aliphatic rings. The minimum Gasteiger partial charge on any atom is 0 e. The van der Waals surface area contributed by atoms with Crippen molar-refractivity contribution in [1.29, 1.82) is 0 Å². The molecule has 31 valence electrons. The molecule has 0 N–H and O–H groups in total. The van der Waals surface area contributed by atoms with E-state index in [0.717, 1.165) is 0 Å². The van der Waals surface area contributed by atoms with Crippen molar-refractivity contribution < 1.29 is 77.2 Å². The van der Waals surface area contributed by atoms with Crippen LogP contribution in [0.15, 0.2) is 0 Å². The van der Waals surface area contributed by atoms with Gasteiger partial charge in [0.15, 0.2) is 0 Å². The Hall–Kier alpha value is 2.18. The summed E-state index contributed by atoms with van der Waals surface area (Å²) in [6, 6.07) is 0. The summed E-state index contributed by atoms with van der Waals surface area (Å²) >= 11 is 2.00. The standard InChI is InChI=1S/Cu.Fe.O.Sm. The molecule has 0 saturated heterocycles. The number of rotatable bonds is 0. The SMILES string of the molecule is [Cu].[O]=[Fe].[Sm]. The molecule has 0 spiro atoms. The Labute approximate surface area is 75.9 Å². The van der Waals surface area contributed by atoms with E-state index in [1.165, 1.54) is 0 Å². The Morgan fingerprint density at radius 3 is 1.25 bits per heavy atom. The summed E-state index contributed by atoms with van der Waals surface area (Å²) in [7, 11) is 0. The summed E-state index contributed by atoms with van der Waals surface area (Å²) in [5, 5.41) is 0. The summed E-state index contributed by atoms with van der Waals surface area (Å²) in [4.78, 5) is 0. The topological polar surface area (TPSA) is 17.1 Å². The van der Waals surface area contributed by atoms with E-state index in [1.807, 2.05) is 15.9 Å². The normalized spacial score (nSPS) is 1.25. The van der Waals surface area contributed by atoms with Gasteiger partial charge >= 0.3 is 19.8 Å². The van der Waals surface area contributed by atoms with Gasteiger partial charge in [-0.25, -0.2) is 0 Å². The van der Waals surface area contributed by atoms with Gasteiger partial charge in [-0.15, -0.1) is 0 Å². The molecular formula is CuFeOSm. The average molecular weight is 286 g/mol. The van der Waals surface area contributed by atoms with Gasteiger partial charge in [0, 0.05) is 57.5 Å². The molecule has 0 aromatic heterocycles. The van der Waals surface area contributed by atoms with Crippen LogP contribution in [0.1, 0.15) is 0 Å². The third kappa shape index (κ3) is 8.90. The van der Waals surface area contributed by atoms with Gasteiger partial charge in [-0.1, -0.05) is 0 Å². The fourth-order valence-electron chi connectivity index (χ4n) is 0. The summed E-state index contributed by atoms with van der Waals surface area (Å²) in [6.07, 6.45) is 0. The number of hydrogen-bond acceptors (Lipinski definition) is 1. The molecule has 1 nitrogen and oxygen atoms in total. The fraction of sp³-hybridized carbons (Fsp3) is 0. The first kappa shape index (κ1) is 16.4. The maximum absolute atomic E-state index is 8.00. The van der Waals surface area contributed by atoms with Crippen LogP contribution in [0.25, 0.3) is 0 Å². The first-order valence-electron chi connectivity index (χ1n) is 0.144. The van der Waals surface area contributed by atoms with Crippen LogP contribution in [0, 0.1) is 40.4 Å². The van der Waals surface area contributed by atoms with Crippen molar-refractivity contribution in [3.05, 3.63) is 0 Å². The van der Waals surface area contributed by atoms with E-state index in [-0.39, 0.29) is 57.5 Å². The molecule has 0 fully saturated rings. The van der Waals surface area contributed by atoms with Crippen LogP contribution in [0.2, 0.25) is 0 Å². The van der Waals surface area contributed by atoms with Gasteiger partial charge < -0.3 is 0 Å². The van der Waals surface area contributed by atoms with Crippen LogP contribution in [-0.2, 0) is 36.8 Å². The van der Waals surface area contributed by atoms with Crippen molar-refractivity contribution >= 4 is 0 Å². The molecule has 0 bridgehead atoms. The minimum atomic E-state index is 0. The van der Waals surface area contributed by atoms with Crippen molar-refractivity contribution in [2.45, 2.75) is 0 Å². The van der Waals surface area contributed by atoms with E-state index in [1.54, 1.807) is 0 Å². The predicted molar refractivity (Wildman–Crippen MR) is 0.686 cm³/mol. The van der Waals surface area contributed by atoms with Crippen molar-refractivity contribution in [3.63, 3.8) is 0 Å². The van der Waals surface area contributed by atoms with Crippen LogP contribution in [0.3, 0.4) is 0 Å². The third-order valence-electron chi connectivity index (χ3n) is 0. The Bertz CT molecular complexity index is 8.00. The molecule has 0 aliphatic heterocycles. The van der Waals surface area contributed by atoms with Crippen LogP contribution in [0.4, 0.5) is 0 Å². The quantitative estimate of drug-likeness (QED) is 0.567. The Balaban J connectivity index is -0.00000000500. The van der Waals surface area contributed by atoms with Crippen LogP contribution < -0.4 is 0 Å².